The van der Waals surface area contributed by atoms with Crippen molar-refractivity contribution in [3.05, 3.63) is 62.6 Å². The van der Waals surface area contributed by atoms with E-state index in [0.29, 0.717) is 10.0 Å². The first-order valence-corrected chi connectivity index (χ1v) is 7.51. The summed E-state index contributed by atoms with van der Waals surface area (Å²) in [5.74, 6) is 0.903. The smallest absolute Gasteiger partial charge is 0.122 e. The van der Waals surface area contributed by atoms with Crippen LogP contribution in [0.4, 0.5) is 0 Å². The molecule has 0 aliphatic carbocycles. The molecule has 4 heteroatoms. The van der Waals surface area contributed by atoms with Gasteiger partial charge in [-0.05, 0) is 61.3 Å². The lowest BCUT2D eigenvalue weighted by molar-refractivity contribution is 0.411. The molecule has 21 heavy (non-hydrogen) atoms. The molecule has 2 aromatic carbocycles. The van der Waals surface area contributed by atoms with E-state index < -0.39 is 0 Å². The van der Waals surface area contributed by atoms with E-state index >= 15 is 0 Å². The number of aryl methyl sites for hydroxylation is 2. The van der Waals surface area contributed by atoms with Crippen LogP contribution in [0.15, 0.2) is 30.3 Å². The molecule has 112 valence electrons. The molecule has 0 spiro atoms. The molecular weight excluding hydrogens is 305 g/mol. The standard InChI is InChI=1S/C17H19Cl2NO/c1-10-8-16(21-4)11(2)7-13(10)17(20-3)12-5-6-14(18)15(19)9-12/h5-9,17,20H,1-4H3. The van der Waals surface area contributed by atoms with Crippen molar-refractivity contribution in [2.75, 3.05) is 14.2 Å². The van der Waals surface area contributed by atoms with Crippen LogP contribution in [0.25, 0.3) is 0 Å². The summed E-state index contributed by atoms with van der Waals surface area (Å²) >= 11 is 12.1. The highest BCUT2D eigenvalue weighted by molar-refractivity contribution is 6.42. The molecule has 1 N–H and O–H groups in total. The number of rotatable bonds is 4. The Bertz CT molecular complexity index is 655. The Labute approximate surface area is 136 Å². The molecule has 0 aliphatic heterocycles. The summed E-state index contributed by atoms with van der Waals surface area (Å²) in [6.07, 6.45) is 0. The summed E-state index contributed by atoms with van der Waals surface area (Å²) in [5, 5.41) is 4.48. The molecule has 1 unspecified atom stereocenters. The molecule has 2 nitrogen and oxygen atoms in total. The molecule has 2 aromatic rings. The maximum Gasteiger partial charge on any atom is 0.122 e. The van der Waals surface area contributed by atoms with Gasteiger partial charge in [0.05, 0.1) is 23.2 Å². The molecule has 0 amide bonds. The molecule has 0 aliphatic rings. The number of hydrogen-bond acceptors (Lipinski definition) is 2. The van der Waals surface area contributed by atoms with Crippen molar-refractivity contribution < 1.29 is 4.74 Å². The first-order chi connectivity index (χ1) is 9.97. The van der Waals surface area contributed by atoms with E-state index in [4.69, 9.17) is 27.9 Å². The SMILES string of the molecule is CNC(c1ccc(Cl)c(Cl)c1)c1cc(C)c(OC)cc1C. The summed E-state index contributed by atoms with van der Waals surface area (Å²) in [4.78, 5) is 0. The average molecular weight is 324 g/mol. The van der Waals surface area contributed by atoms with Crippen molar-refractivity contribution in [3.63, 3.8) is 0 Å². The fourth-order valence-corrected chi connectivity index (χ4v) is 2.84. The van der Waals surface area contributed by atoms with Crippen LogP contribution in [0.1, 0.15) is 28.3 Å². The minimum atomic E-state index is 0.0596. The maximum atomic E-state index is 6.14. The predicted octanol–water partition coefficient (Wildman–Crippen LogP) is 4.93. The largest absolute Gasteiger partial charge is 0.496 e. The third-order valence-electron chi connectivity index (χ3n) is 3.66. The fourth-order valence-electron chi connectivity index (χ4n) is 2.54. The molecule has 0 fully saturated rings. The van der Waals surface area contributed by atoms with E-state index in [2.05, 4.69) is 24.4 Å². The van der Waals surface area contributed by atoms with Crippen LogP contribution in [0.3, 0.4) is 0 Å². The highest BCUT2D eigenvalue weighted by Crippen LogP contribution is 2.32. The fraction of sp³-hybridized carbons (Fsp3) is 0.294. The second-order valence-corrected chi connectivity index (χ2v) is 5.89. The molecule has 0 saturated heterocycles. The van der Waals surface area contributed by atoms with Crippen LogP contribution in [-0.2, 0) is 0 Å². The van der Waals surface area contributed by atoms with Crippen LogP contribution >= 0.6 is 23.2 Å². The third kappa shape index (κ3) is 3.34. The lowest BCUT2D eigenvalue weighted by Gasteiger charge is -2.21. The van der Waals surface area contributed by atoms with E-state index in [0.717, 1.165) is 16.9 Å². The Morgan fingerprint density at radius 3 is 2.29 bits per heavy atom. The minimum absolute atomic E-state index is 0.0596. The maximum absolute atomic E-state index is 6.14. The van der Waals surface area contributed by atoms with Gasteiger partial charge in [-0.15, -0.1) is 0 Å². The van der Waals surface area contributed by atoms with Gasteiger partial charge in [0.2, 0.25) is 0 Å². The van der Waals surface area contributed by atoms with Crippen molar-refractivity contribution in [1.29, 1.82) is 0 Å². The van der Waals surface area contributed by atoms with Gasteiger partial charge in [0.1, 0.15) is 5.75 Å². The van der Waals surface area contributed by atoms with E-state index in [9.17, 15) is 0 Å². The van der Waals surface area contributed by atoms with Crippen LogP contribution < -0.4 is 10.1 Å². The van der Waals surface area contributed by atoms with Gasteiger partial charge >= 0.3 is 0 Å². The third-order valence-corrected chi connectivity index (χ3v) is 4.40. The van der Waals surface area contributed by atoms with E-state index in [-0.39, 0.29) is 6.04 Å². The second kappa shape index (κ2) is 6.69. The highest BCUT2D eigenvalue weighted by Gasteiger charge is 2.17. The van der Waals surface area contributed by atoms with Gasteiger partial charge in [-0.3, -0.25) is 0 Å². The van der Waals surface area contributed by atoms with Crippen LogP contribution in [-0.4, -0.2) is 14.2 Å². The van der Waals surface area contributed by atoms with Crippen molar-refractivity contribution >= 4 is 23.2 Å². The lowest BCUT2D eigenvalue weighted by atomic mass is 9.93. The number of nitrogens with one attached hydrogen (secondary N) is 1. The van der Waals surface area contributed by atoms with Crippen LogP contribution in [0, 0.1) is 13.8 Å². The first kappa shape index (κ1) is 16.2. The number of ether oxygens (including phenoxy) is 1. The summed E-state index contributed by atoms with van der Waals surface area (Å²) in [6.45, 7) is 4.13. The van der Waals surface area contributed by atoms with Gasteiger partial charge in [-0.1, -0.05) is 35.3 Å². The Morgan fingerprint density at radius 1 is 1.00 bits per heavy atom. The quantitative estimate of drug-likeness (QED) is 0.861. The number of halogens is 2. The average Bonchev–Trinajstić information content (AvgIpc) is 2.46. The van der Waals surface area contributed by atoms with Gasteiger partial charge in [0.25, 0.3) is 0 Å². The van der Waals surface area contributed by atoms with Crippen molar-refractivity contribution in [2.24, 2.45) is 0 Å². The van der Waals surface area contributed by atoms with Gasteiger partial charge in [-0.25, -0.2) is 0 Å². The molecular formula is C17H19Cl2NO. The zero-order chi connectivity index (χ0) is 15.6. The number of hydrogen-bond donors (Lipinski definition) is 1. The zero-order valence-electron chi connectivity index (χ0n) is 12.6. The van der Waals surface area contributed by atoms with Gasteiger partial charge in [0.15, 0.2) is 0 Å². The van der Waals surface area contributed by atoms with Gasteiger partial charge < -0.3 is 10.1 Å². The van der Waals surface area contributed by atoms with Crippen molar-refractivity contribution in [1.82, 2.24) is 5.32 Å². The van der Waals surface area contributed by atoms with E-state index in [1.165, 1.54) is 11.1 Å². The van der Waals surface area contributed by atoms with Crippen LogP contribution in [0.5, 0.6) is 5.75 Å². The minimum Gasteiger partial charge on any atom is -0.496 e. The number of methoxy groups -OCH3 is 1. The highest BCUT2D eigenvalue weighted by atomic mass is 35.5. The van der Waals surface area contributed by atoms with Crippen LogP contribution in [0.2, 0.25) is 10.0 Å². The zero-order valence-corrected chi connectivity index (χ0v) is 14.1. The number of benzene rings is 2. The van der Waals surface area contributed by atoms with Gasteiger partial charge in [0, 0.05) is 0 Å². The Kier molecular flexibility index (Phi) is 5.15. The second-order valence-electron chi connectivity index (χ2n) is 5.07. The molecule has 0 aromatic heterocycles. The van der Waals surface area contributed by atoms with Gasteiger partial charge in [-0.2, -0.15) is 0 Å². The molecule has 2 rings (SSSR count). The molecule has 0 bridgehead atoms. The Hall–Kier alpha value is -1.22. The van der Waals surface area contributed by atoms with E-state index in [1.807, 2.05) is 32.2 Å². The monoisotopic (exact) mass is 323 g/mol. The molecule has 0 radical (unpaired) electrons. The summed E-state index contributed by atoms with van der Waals surface area (Å²) in [7, 11) is 3.63. The Balaban J connectivity index is 2.50. The molecule has 1 atom stereocenters. The summed E-state index contributed by atoms with van der Waals surface area (Å²) < 4.78 is 5.38. The molecule has 0 heterocycles. The van der Waals surface area contributed by atoms with E-state index in [1.54, 1.807) is 7.11 Å². The van der Waals surface area contributed by atoms with Crippen molar-refractivity contribution in [2.45, 2.75) is 19.9 Å². The normalized spacial score (nSPS) is 12.3. The summed E-state index contributed by atoms with van der Waals surface area (Å²) in [6, 6.07) is 10.0. The topological polar surface area (TPSA) is 21.3 Å². The Morgan fingerprint density at radius 2 is 1.71 bits per heavy atom. The van der Waals surface area contributed by atoms with Crippen molar-refractivity contribution in [3.8, 4) is 5.75 Å². The summed E-state index contributed by atoms with van der Waals surface area (Å²) in [5.41, 5.74) is 4.56. The molecule has 0 saturated carbocycles. The first-order valence-electron chi connectivity index (χ1n) is 6.75. The predicted molar refractivity (Wildman–Crippen MR) is 89.8 cm³/mol. The lowest BCUT2D eigenvalue weighted by Crippen LogP contribution is -2.19.